The first-order chi connectivity index (χ1) is 13.6. The number of likely N-dealkylation sites (N-methyl/N-ethyl adjacent to an activating group) is 1. The average molecular weight is 384 g/mol. The number of rotatable bonds is 3. The van der Waals surface area contributed by atoms with Crippen molar-refractivity contribution in [3.63, 3.8) is 0 Å². The van der Waals surface area contributed by atoms with E-state index in [9.17, 15) is 4.79 Å². The molecule has 2 aromatic carbocycles. The molecule has 0 spiro atoms. The van der Waals surface area contributed by atoms with Crippen LogP contribution >= 0.6 is 0 Å². The number of methoxy groups -OCH3 is 2. The van der Waals surface area contributed by atoms with Crippen LogP contribution < -0.4 is 23.8 Å². The molecule has 7 nitrogen and oxygen atoms in total. The van der Waals surface area contributed by atoms with E-state index in [1.54, 1.807) is 7.11 Å². The molecule has 7 heteroatoms. The van der Waals surface area contributed by atoms with E-state index in [1.807, 2.05) is 18.2 Å². The smallest absolute Gasteiger partial charge is 0.343 e. The summed E-state index contributed by atoms with van der Waals surface area (Å²) in [5.41, 5.74) is 3.63. The number of hydrogen-bond acceptors (Lipinski definition) is 6. The van der Waals surface area contributed by atoms with E-state index >= 15 is 0 Å². The van der Waals surface area contributed by atoms with Crippen LogP contribution in [0.15, 0.2) is 24.3 Å². The molecule has 1 unspecified atom stereocenters. The summed E-state index contributed by atoms with van der Waals surface area (Å²) in [4.78, 5) is 14.0. The molecule has 3 aliphatic heterocycles. The van der Waals surface area contributed by atoms with Crippen LogP contribution in [0.4, 0.5) is 0 Å². The van der Waals surface area contributed by atoms with E-state index in [4.69, 9.17) is 23.7 Å². The minimum Gasteiger partial charge on any atom is -0.493 e. The second-order valence-electron chi connectivity index (χ2n) is 7.32. The van der Waals surface area contributed by atoms with Crippen molar-refractivity contribution in [1.29, 1.82) is 0 Å². The monoisotopic (exact) mass is 384 g/mol. The van der Waals surface area contributed by atoms with Crippen LogP contribution in [0.3, 0.4) is 0 Å². The molecule has 0 bridgehead atoms. The minimum absolute atomic E-state index is 0.0402. The van der Waals surface area contributed by atoms with E-state index in [1.165, 1.54) is 17.6 Å². The fraction of sp³-hybridized carbons (Fsp3) is 0.381. The fourth-order valence-electron chi connectivity index (χ4n) is 4.56. The number of carbonyl (C=O) groups is 1. The normalized spacial score (nSPS) is 24.4. The highest BCUT2D eigenvalue weighted by Gasteiger charge is 2.46. The molecule has 1 N–H and O–H groups in total. The Labute approximate surface area is 162 Å². The second kappa shape index (κ2) is 6.31. The third-order valence-electron chi connectivity index (χ3n) is 5.91. The van der Waals surface area contributed by atoms with Crippen LogP contribution in [-0.4, -0.2) is 40.6 Å². The standard InChI is InChI=1S/C21H21NO6/c1-22-7-6-11-8-15-16(27-10-26-15)9-13(11)18(22)19-12-4-5-14(24-2)20(25-3)17(12)21(23)28-19/h4-5,8-9,18-19H,6-7,10H2,1-3H3/p+1/t18-,19+/m1/s1. The zero-order valence-electron chi connectivity index (χ0n) is 16.0. The molecule has 0 aliphatic carbocycles. The topological polar surface area (TPSA) is 67.7 Å². The highest BCUT2D eigenvalue weighted by atomic mass is 16.7. The molecule has 28 heavy (non-hydrogen) atoms. The Kier molecular flexibility index (Phi) is 3.87. The van der Waals surface area contributed by atoms with Gasteiger partial charge < -0.3 is 28.6 Å². The molecule has 0 saturated heterocycles. The Morgan fingerprint density at radius 3 is 2.61 bits per heavy atom. The van der Waals surface area contributed by atoms with E-state index in [2.05, 4.69) is 13.1 Å². The molecule has 3 atom stereocenters. The molecule has 0 radical (unpaired) electrons. The molecule has 3 aliphatic rings. The van der Waals surface area contributed by atoms with E-state index in [-0.39, 0.29) is 18.8 Å². The molecule has 2 aromatic rings. The van der Waals surface area contributed by atoms with Gasteiger partial charge in [-0.1, -0.05) is 6.07 Å². The van der Waals surface area contributed by atoms with Crippen LogP contribution in [0.5, 0.6) is 23.0 Å². The highest BCUT2D eigenvalue weighted by Crippen LogP contribution is 2.47. The molecule has 3 heterocycles. The predicted molar refractivity (Wildman–Crippen MR) is 98.5 cm³/mol. The first-order valence-corrected chi connectivity index (χ1v) is 9.33. The van der Waals surface area contributed by atoms with Crippen molar-refractivity contribution in [1.82, 2.24) is 0 Å². The molecular weight excluding hydrogens is 362 g/mol. The minimum atomic E-state index is -0.401. The van der Waals surface area contributed by atoms with Crippen molar-refractivity contribution in [2.24, 2.45) is 0 Å². The van der Waals surface area contributed by atoms with Crippen LogP contribution in [-0.2, 0) is 11.2 Å². The number of hydrogen-bond donors (Lipinski definition) is 1. The van der Waals surface area contributed by atoms with Gasteiger partial charge in [-0.3, -0.25) is 0 Å². The second-order valence-corrected chi connectivity index (χ2v) is 7.32. The summed E-state index contributed by atoms with van der Waals surface area (Å²) in [5, 5.41) is 0. The van der Waals surface area contributed by atoms with Gasteiger partial charge in [0.15, 0.2) is 35.1 Å². The number of cyclic esters (lactones) is 1. The summed E-state index contributed by atoms with van der Waals surface area (Å²) in [6.07, 6.45) is 0.537. The molecule has 0 saturated carbocycles. The van der Waals surface area contributed by atoms with Gasteiger partial charge in [-0.2, -0.15) is 0 Å². The quantitative estimate of drug-likeness (QED) is 0.809. The maximum Gasteiger partial charge on any atom is 0.343 e. The third-order valence-corrected chi connectivity index (χ3v) is 5.91. The van der Waals surface area contributed by atoms with E-state index < -0.39 is 6.10 Å². The van der Waals surface area contributed by atoms with Crippen molar-refractivity contribution in [2.45, 2.75) is 18.6 Å². The number of fused-ring (bicyclic) bond motifs is 3. The van der Waals surface area contributed by atoms with E-state index in [0.717, 1.165) is 35.6 Å². The Morgan fingerprint density at radius 1 is 1.07 bits per heavy atom. The predicted octanol–water partition coefficient (Wildman–Crippen LogP) is 1.46. The Bertz CT molecular complexity index is 972. The van der Waals surface area contributed by atoms with Crippen LogP contribution in [0.25, 0.3) is 0 Å². The highest BCUT2D eigenvalue weighted by molar-refractivity contribution is 5.98. The Balaban J connectivity index is 1.63. The van der Waals surface area contributed by atoms with Crippen LogP contribution in [0.1, 0.15) is 39.2 Å². The zero-order valence-corrected chi connectivity index (χ0v) is 16.0. The number of esters is 1. The van der Waals surface area contributed by atoms with Crippen molar-refractivity contribution in [3.05, 3.63) is 46.5 Å². The lowest BCUT2D eigenvalue weighted by atomic mass is 9.86. The number of ether oxygens (including phenoxy) is 5. The van der Waals surface area contributed by atoms with Gasteiger partial charge in [-0.15, -0.1) is 0 Å². The number of quaternary nitrogens is 1. The van der Waals surface area contributed by atoms with Gasteiger partial charge in [0.2, 0.25) is 6.79 Å². The molecule has 5 rings (SSSR count). The third kappa shape index (κ3) is 2.36. The summed E-state index contributed by atoms with van der Waals surface area (Å²) in [6.45, 7) is 1.18. The Morgan fingerprint density at radius 2 is 1.86 bits per heavy atom. The van der Waals surface area contributed by atoms with Gasteiger partial charge in [0, 0.05) is 17.5 Å². The first-order valence-electron chi connectivity index (χ1n) is 9.33. The Hall–Kier alpha value is -2.93. The molecule has 146 valence electrons. The summed E-state index contributed by atoms with van der Waals surface area (Å²) in [7, 11) is 5.22. The molecule has 0 fully saturated rings. The van der Waals surface area contributed by atoms with Gasteiger partial charge in [0.1, 0.15) is 5.56 Å². The van der Waals surface area contributed by atoms with E-state index in [0.29, 0.717) is 17.1 Å². The summed E-state index contributed by atoms with van der Waals surface area (Å²) in [6, 6.07) is 7.79. The lowest BCUT2D eigenvalue weighted by Crippen LogP contribution is -3.11. The van der Waals surface area contributed by atoms with Gasteiger partial charge in [-0.05, 0) is 23.8 Å². The van der Waals surface area contributed by atoms with Crippen molar-refractivity contribution < 1.29 is 33.4 Å². The van der Waals surface area contributed by atoms with Crippen molar-refractivity contribution in [3.8, 4) is 23.0 Å². The molecule has 0 aromatic heterocycles. The van der Waals surface area contributed by atoms with Gasteiger partial charge in [0.25, 0.3) is 0 Å². The largest absolute Gasteiger partial charge is 0.493 e. The zero-order chi connectivity index (χ0) is 19.4. The average Bonchev–Trinajstić information content (AvgIpc) is 3.29. The fourth-order valence-corrected chi connectivity index (χ4v) is 4.56. The number of carbonyl (C=O) groups excluding carboxylic acids is 1. The summed E-state index contributed by atoms with van der Waals surface area (Å²) < 4.78 is 27.8. The lowest BCUT2D eigenvalue weighted by molar-refractivity contribution is -0.919. The van der Waals surface area contributed by atoms with Gasteiger partial charge in [-0.25, -0.2) is 4.79 Å². The molecular formula is C21H22NO6+. The lowest BCUT2D eigenvalue weighted by Gasteiger charge is -2.34. The SMILES string of the molecule is COc1ccc2c(c1OC)C(=O)O[C@@H]2[C@H]1c2cc3c(cc2CC[NH+]1C)OCO3. The van der Waals surface area contributed by atoms with Gasteiger partial charge in [0.05, 0.1) is 27.8 Å². The van der Waals surface area contributed by atoms with Crippen molar-refractivity contribution in [2.75, 3.05) is 34.6 Å². The summed E-state index contributed by atoms with van der Waals surface area (Å²) in [5.74, 6) is 2.10. The van der Waals surface area contributed by atoms with Gasteiger partial charge >= 0.3 is 5.97 Å². The van der Waals surface area contributed by atoms with Crippen LogP contribution in [0, 0.1) is 0 Å². The molecule has 0 amide bonds. The maximum atomic E-state index is 12.8. The first kappa shape index (κ1) is 17.2. The number of nitrogens with one attached hydrogen (secondary N) is 1. The number of benzene rings is 2. The maximum absolute atomic E-state index is 12.8. The van der Waals surface area contributed by atoms with Crippen molar-refractivity contribution >= 4 is 5.97 Å². The summed E-state index contributed by atoms with van der Waals surface area (Å²) >= 11 is 0. The van der Waals surface area contributed by atoms with Crippen LogP contribution in [0.2, 0.25) is 0 Å².